The topological polar surface area (TPSA) is 77.3 Å². The number of hydrogen-bond donors (Lipinski definition) is 0. The highest BCUT2D eigenvalue weighted by atomic mass is 32.2. The zero-order valence-corrected chi connectivity index (χ0v) is 20.3. The SMILES string of the molecule is Cn1c(SCCCN2CCc3ccc(OS(C)(=O)=O)cc3CC2)nnc1-c1ccc(F)cc1. The van der Waals surface area contributed by atoms with Gasteiger partial charge in [0.2, 0.25) is 0 Å². The van der Waals surface area contributed by atoms with Gasteiger partial charge in [0.25, 0.3) is 0 Å². The van der Waals surface area contributed by atoms with Gasteiger partial charge in [-0.2, -0.15) is 8.42 Å². The van der Waals surface area contributed by atoms with Crippen LogP contribution in [0.3, 0.4) is 0 Å². The Morgan fingerprint density at radius 1 is 1.06 bits per heavy atom. The van der Waals surface area contributed by atoms with E-state index in [4.69, 9.17) is 4.18 Å². The smallest absolute Gasteiger partial charge is 0.306 e. The van der Waals surface area contributed by atoms with Crippen LogP contribution in [0.5, 0.6) is 5.75 Å². The number of fused-ring (bicyclic) bond motifs is 1. The van der Waals surface area contributed by atoms with E-state index in [-0.39, 0.29) is 5.82 Å². The minimum Gasteiger partial charge on any atom is -0.383 e. The summed E-state index contributed by atoms with van der Waals surface area (Å²) in [6.45, 7) is 2.89. The lowest BCUT2D eigenvalue weighted by Crippen LogP contribution is -2.27. The van der Waals surface area contributed by atoms with E-state index >= 15 is 0 Å². The van der Waals surface area contributed by atoms with E-state index in [0.29, 0.717) is 5.75 Å². The van der Waals surface area contributed by atoms with Crippen molar-refractivity contribution in [2.75, 3.05) is 31.6 Å². The van der Waals surface area contributed by atoms with Gasteiger partial charge in [0.05, 0.1) is 6.26 Å². The highest BCUT2D eigenvalue weighted by Crippen LogP contribution is 2.25. The average Bonchev–Trinajstić information content (AvgIpc) is 3.00. The van der Waals surface area contributed by atoms with Crippen molar-refractivity contribution in [2.45, 2.75) is 24.4 Å². The van der Waals surface area contributed by atoms with Crippen LogP contribution in [0.4, 0.5) is 4.39 Å². The van der Waals surface area contributed by atoms with Gasteiger partial charge in [-0.1, -0.05) is 17.8 Å². The second-order valence-corrected chi connectivity index (χ2v) is 10.8. The Kier molecular flexibility index (Phi) is 7.35. The van der Waals surface area contributed by atoms with Gasteiger partial charge in [0.1, 0.15) is 11.6 Å². The van der Waals surface area contributed by atoms with Crippen molar-refractivity contribution in [1.29, 1.82) is 0 Å². The molecule has 0 fully saturated rings. The van der Waals surface area contributed by atoms with Crippen molar-refractivity contribution in [3.8, 4) is 17.1 Å². The summed E-state index contributed by atoms with van der Waals surface area (Å²) in [6, 6.07) is 11.8. The maximum atomic E-state index is 13.2. The molecule has 1 aliphatic heterocycles. The summed E-state index contributed by atoms with van der Waals surface area (Å²) >= 11 is 1.67. The number of benzene rings is 2. The maximum Gasteiger partial charge on any atom is 0.306 e. The van der Waals surface area contributed by atoms with Crippen molar-refractivity contribution >= 4 is 21.9 Å². The van der Waals surface area contributed by atoms with Gasteiger partial charge in [0.15, 0.2) is 11.0 Å². The van der Waals surface area contributed by atoms with Crippen LogP contribution in [-0.4, -0.2) is 59.7 Å². The van der Waals surface area contributed by atoms with E-state index in [1.165, 1.54) is 17.7 Å². The van der Waals surface area contributed by atoms with Gasteiger partial charge in [-0.25, -0.2) is 4.39 Å². The molecule has 10 heteroatoms. The zero-order valence-electron chi connectivity index (χ0n) is 18.7. The molecule has 0 saturated heterocycles. The number of nitrogens with zero attached hydrogens (tertiary/aromatic N) is 4. The van der Waals surface area contributed by atoms with Crippen LogP contribution >= 0.6 is 11.8 Å². The molecule has 33 heavy (non-hydrogen) atoms. The Labute approximate surface area is 198 Å². The lowest BCUT2D eigenvalue weighted by molar-refractivity contribution is 0.289. The molecule has 0 amide bonds. The molecular weight excluding hydrogens is 463 g/mol. The molecule has 7 nitrogen and oxygen atoms in total. The molecule has 0 atom stereocenters. The van der Waals surface area contributed by atoms with E-state index in [1.807, 2.05) is 23.7 Å². The van der Waals surface area contributed by atoms with Crippen molar-refractivity contribution in [3.63, 3.8) is 0 Å². The van der Waals surface area contributed by atoms with Gasteiger partial charge < -0.3 is 13.7 Å². The fourth-order valence-electron chi connectivity index (χ4n) is 3.94. The van der Waals surface area contributed by atoms with Crippen LogP contribution in [0, 0.1) is 5.82 Å². The summed E-state index contributed by atoms with van der Waals surface area (Å²) in [4.78, 5) is 2.44. The van der Waals surface area contributed by atoms with Gasteiger partial charge in [0, 0.05) is 31.5 Å². The van der Waals surface area contributed by atoms with Crippen LogP contribution in [0.15, 0.2) is 47.6 Å². The first kappa shape index (κ1) is 23.7. The minimum absolute atomic E-state index is 0.269. The largest absolute Gasteiger partial charge is 0.383 e. The van der Waals surface area contributed by atoms with Gasteiger partial charge in [-0.15, -0.1) is 10.2 Å². The van der Waals surface area contributed by atoms with Gasteiger partial charge in [-0.05, 0) is 73.3 Å². The Balaban J connectivity index is 1.26. The molecule has 0 spiro atoms. The van der Waals surface area contributed by atoms with Crippen LogP contribution < -0.4 is 4.18 Å². The summed E-state index contributed by atoms with van der Waals surface area (Å²) in [5, 5.41) is 9.39. The molecule has 0 bridgehead atoms. The molecule has 4 rings (SSSR count). The lowest BCUT2D eigenvalue weighted by Gasteiger charge is -2.19. The summed E-state index contributed by atoms with van der Waals surface area (Å²) in [5.74, 6) is 1.76. The summed E-state index contributed by atoms with van der Waals surface area (Å²) in [6.07, 6.45) is 3.88. The monoisotopic (exact) mass is 490 g/mol. The summed E-state index contributed by atoms with van der Waals surface area (Å²) in [5.41, 5.74) is 3.24. The lowest BCUT2D eigenvalue weighted by atomic mass is 10.0. The van der Waals surface area contributed by atoms with Crippen molar-refractivity contribution in [3.05, 3.63) is 59.4 Å². The normalized spacial score (nSPS) is 14.6. The Morgan fingerprint density at radius 3 is 2.52 bits per heavy atom. The quantitative estimate of drug-likeness (QED) is 0.272. The maximum absolute atomic E-state index is 13.2. The first-order chi connectivity index (χ1) is 15.8. The fourth-order valence-corrected chi connectivity index (χ4v) is 5.23. The number of aromatic nitrogens is 3. The van der Waals surface area contributed by atoms with Crippen molar-refractivity contribution in [1.82, 2.24) is 19.7 Å². The predicted molar refractivity (Wildman–Crippen MR) is 127 cm³/mol. The molecule has 2 aromatic carbocycles. The predicted octanol–water partition coefficient (Wildman–Crippen LogP) is 3.54. The minimum atomic E-state index is -3.52. The highest BCUT2D eigenvalue weighted by Gasteiger charge is 2.16. The van der Waals surface area contributed by atoms with Crippen molar-refractivity contribution < 1.29 is 17.0 Å². The number of halogens is 1. The number of thioether (sulfide) groups is 1. The third-order valence-electron chi connectivity index (χ3n) is 5.61. The Hall–Kier alpha value is -2.43. The van der Waals surface area contributed by atoms with Crippen LogP contribution in [0.1, 0.15) is 17.5 Å². The van der Waals surface area contributed by atoms with Crippen LogP contribution in [0.25, 0.3) is 11.4 Å². The zero-order chi connectivity index (χ0) is 23.4. The third-order valence-corrected chi connectivity index (χ3v) is 7.21. The molecule has 0 N–H and O–H groups in total. The molecule has 0 radical (unpaired) electrons. The molecule has 3 aromatic rings. The molecule has 176 valence electrons. The van der Waals surface area contributed by atoms with E-state index in [1.54, 1.807) is 30.0 Å². The van der Waals surface area contributed by atoms with Gasteiger partial charge in [-0.3, -0.25) is 0 Å². The standard InChI is InChI=1S/C23H27FN4O3S2/c1-27-22(18-4-7-20(24)8-5-18)25-26-23(27)32-15-3-12-28-13-10-17-6-9-21(31-33(2,29)30)16-19(17)11-14-28/h4-9,16H,3,10-15H2,1-2H3. The van der Waals surface area contributed by atoms with Crippen LogP contribution in [0.2, 0.25) is 0 Å². The Bertz CT molecular complexity index is 1210. The average molecular weight is 491 g/mol. The van der Waals surface area contributed by atoms with E-state index in [0.717, 1.165) is 73.0 Å². The number of hydrogen-bond acceptors (Lipinski definition) is 7. The van der Waals surface area contributed by atoms with E-state index in [9.17, 15) is 12.8 Å². The van der Waals surface area contributed by atoms with Crippen LogP contribution in [-0.2, 0) is 30.0 Å². The first-order valence-corrected chi connectivity index (χ1v) is 13.6. The van der Waals surface area contributed by atoms with E-state index < -0.39 is 10.1 Å². The third kappa shape index (κ3) is 6.33. The summed E-state index contributed by atoms with van der Waals surface area (Å²) < 4.78 is 42.9. The van der Waals surface area contributed by atoms with E-state index in [2.05, 4.69) is 15.1 Å². The van der Waals surface area contributed by atoms with Gasteiger partial charge >= 0.3 is 10.1 Å². The molecule has 1 aromatic heterocycles. The second-order valence-electron chi connectivity index (χ2n) is 8.13. The first-order valence-electron chi connectivity index (χ1n) is 10.8. The second kappa shape index (κ2) is 10.2. The number of rotatable bonds is 8. The molecule has 0 aliphatic carbocycles. The summed E-state index contributed by atoms with van der Waals surface area (Å²) in [7, 11) is -1.59. The fraction of sp³-hybridized carbons (Fsp3) is 0.391. The molecule has 1 aliphatic rings. The molecule has 0 unspecified atom stereocenters. The highest BCUT2D eigenvalue weighted by molar-refractivity contribution is 7.99. The Morgan fingerprint density at radius 2 is 1.79 bits per heavy atom. The molecule has 2 heterocycles. The van der Waals surface area contributed by atoms with Crippen molar-refractivity contribution in [2.24, 2.45) is 7.05 Å². The molecular formula is C23H27FN4O3S2. The molecule has 0 saturated carbocycles.